The number of pyridine rings is 1. The first-order chi connectivity index (χ1) is 13.0. The van der Waals surface area contributed by atoms with Gasteiger partial charge < -0.3 is 4.42 Å². The molecule has 0 unspecified atom stereocenters. The van der Waals surface area contributed by atoms with Crippen LogP contribution in [0, 0.1) is 10.1 Å². The highest BCUT2D eigenvalue weighted by Crippen LogP contribution is 2.28. The number of rotatable bonds is 5. The number of nitro groups is 1. The van der Waals surface area contributed by atoms with Crippen LogP contribution in [0.1, 0.15) is 5.89 Å². The minimum absolute atomic E-state index is 0.00921. The van der Waals surface area contributed by atoms with Gasteiger partial charge in [0.05, 0.1) is 20.7 Å². The lowest BCUT2D eigenvalue weighted by atomic mass is 10.2. The fourth-order valence-electron chi connectivity index (χ4n) is 2.28. The van der Waals surface area contributed by atoms with Gasteiger partial charge in [-0.05, 0) is 18.2 Å². The van der Waals surface area contributed by atoms with E-state index in [9.17, 15) is 10.1 Å². The fourth-order valence-corrected chi connectivity index (χ4v) is 3.54. The second kappa shape index (κ2) is 7.14. The topological polar surface area (TPSA) is 112 Å². The van der Waals surface area contributed by atoms with E-state index in [2.05, 4.69) is 20.4 Å². The highest BCUT2D eigenvalue weighted by Gasteiger charge is 2.14. The molecule has 12 heteroatoms. The molecule has 4 rings (SSSR count). The molecular weight excluding hydrogens is 415 g/mol. The number of non-ortho nitro benzene ring substituents is 1. The molecule has 0 saturated carbocycles. The van der Waals surface area contributed by atoms with Crippen molar-refractivity contribution in [2.75, 3.05) is 0 Å². The van der Waals surface area contributed by atoms with Crippen LogP contribution in [0.3, 0.4) is 0 Å². The van der Waals surface area contributed by atoms with Gasteiger partial charge in [0.15, 0.2) is 10.8 Å². The first-order valence-corrected chi connectivity index (χ1v) is 9.15. The lowest BCUT2D eigenvalue weighted by Gasteiger charge is -2.00. The van der Waals surface area contributed by atoms with Gasteiger partial charge in [-0.15, -0.1) is 20.4 Å². The Labute approximate surface area is 165 Å². The fraction of sp³-hybridized carbons (Fsp3) is 0.0667. The Balaban J connectivity index is 1.51. The second-order valence-electron chi connectivity index (χ2n) is 5.28. The Hall–Kier alpha value is -2.69. The molecule has 27 heavy (non-hydrogen) atoms. The van der Waals surface area contributed by atoms with Crippen molar-refractivity contribution in [2.45, 2.75) is 10.9 Å². The van der Waals surface area contributed by atoms with Crippen LogP contribution in [0.4, 0.5) is 5.69 Å². The minimum Gasteiger partial charge on any atom is -0.420 e. The highest BCUT2D eigenvalue weighted by molar-refractivity contribution is 7.98. The summed E-state index contributed by atoms with van der Waals surface area (Å²) in [7, 11) is 0. The molecule has 3 heterocycles. The first kappa shape index (κ1) is 17.7. The third-order valence-electron chi connectivity index (χ3n) is 3.51. The predicted octanol–water partition coefficient (Wildman–Crippen LogP) is 4.29. The summed E-state index contributed by atoms with van der Waals surface area (Å²) in [6, 6.07) is 7.46. The number of nitrogens with zero attached hydrogens (tertiary/aromatic N) is 6. The maximum atomic E-state index is 10.7. The molecule has 0 amide bonds. The summed E-state index contributed by atoms with van der Waals surface area (Å²) in [6.45, 7) is 0. The predicted molar refractivity (Wildman–Crippen MR) is 99.0 cm³/mol. The zero-order valence-electron chi connectivity index (χ0n) is 13.2. The van der Waals surface area contributed by atoms with Gasteiger partial charge in [-0.25, -0.2) is 0 Å². The summed E-state index contributed by atoms with van der Waals surface area (Å²) in [5.41, 5.74) is 1.08. The smallest absolute Gasteiger partial charge is 0.269 e. The van der Waals surface area contributed by atoms with Crippen LogP contribution in [0.2, 0.25) is 10.0 Å². The van der Waals surface area contributed by atoms with Crippen molar-refractivity contribution in [3.63, 3.8) is 0 Å². The van der Waals surface area contributed by atoms with E-state index in [1.807, 2.05) is 0 Å². The van der Waals surface area contributed by atoms with Gasteiger partial charge >= 0.3 is 0 Å². The third-order valence-corrected chi connectivity index (χ3v) is 4.92. The second-order valence-corrected chi connectivity index (χ2v) is 7.06. The molecule has 0 aliphatic rings. The van der Waals surface area contributed by atoms with Crippen LogP contribution in [0.5, 0.6) is 0 Å². The molecule has 4 aromatic rings. The lowest BCUT2D eigenvalue weighted by Crippen LogP contribution is -1.89. The van der Waals surface area contributed by atoms with Crippen molar-refractivity contribution in [1.29, 1.82) is 0 Å². The summed E-state index contributed by atoms with van der Waals surface area (Å²) in [4.78, 5) is 10.2. The highest BCUT2D eigenvalue weighted by atomic mass is 35.5. The van der Waals surface area contributed by atoms with E-state index in [1.54, 1.807) is 28.8 Å². The van der Waals surface area contributed by atoms with E-state index in [-0.39, 0.29) is 11.6 Å². The zero-order chi connectivity index (χ0) is 19.0. The summed E-state index contributed by atoms with van der Waals surface area (Å²) < 4.78 is 7.29. The monoisotopic (exact) mass is 422 g/mol. The van der Waals surface area contributed by atoms with Crippen molar-refractivity contribution in [2.24, 2.45) is 0 Å². The van der Waals surface area contributed by atoms with Crippen LogP contribution in [0.15, 0.2) is 46.1 Å². The Kier molecular flexibility index (Phi) is 4.68. The molecule has 0 aliphatic heterocycles. The molecule has 0 atom stereocenters. The largest absolute Gasteiger partial charge is 0.420 e. The normalized spacial score (nSPS) is 11.2. The average molecular weight is 423 g/mol. The average Bonchev–Trinajstić information content (AvgIpc) is 3.27. The van der Waals surface area contributed by atoms with Gasteiger partial charge in [-0.2, -0.15) is 0 Å². The molecule has 0 radical (unpaired) electrons. The molecule has 0 N–H and O–H groups in total. The van der Waals surface area contributed by atoms with Crippen molar-refractivity contribution >= 4 is 46.3 Å². The molecular formula is C15H8Cl2N6O3S. The summed E-state index contributed by atoms with van der Waals surface area (Å²) in [6.07, 6.45) is 1.67. The van der Waals surface area contributed by atoms with Gasteiger partial charge in [0.1, 0.15) is 0 Å². The standard InChI is InChI=1S/C15H8Cl2N6O3S/c16-9-5-11(17)13-19-21-15(22(13)6-9)27-7-12-18-20-14(26-12)8-1-3-10(4-2-8)23(24)25/h1-6H,7H2. The van der Waals surface area contributed by atoms with Crippen LogP contribution in [0.25, 0.3) is 17.1 Å². The third kappa shape index (κ3) is 3.59. The number of benzene rings is 1. The number of hydrogen-bond donors (Lipinski definition) is 0. The van der Waals surface area contributed by atoms with Crippen LogP contribution >= 0.6 is 35.0 Å². The Morgan fingerprint density at radius 2 is 1.93 bits per heavy atom. The van der Waals surface area contributed by atoms with E-state index in [0.717, 1.165) is 0 Å². The number of hydrogen-bond acceptors (Lipinski definition) is 8. The molecule has 0 aliphatic carbocycles. The van der Waals surface area contributed by atoms with Crippen LogP contribution in [-0.2, 0) is 5.75 Å². The van der Waals surface area contributed by atoms with E-state index in [0.29, 0.717) is 38.1 Å². The van der Waals surface area contributed by atoms with Crippen molar-refractivity contribution in [3.05, 3.63) is 62.6 Å². The quantitative estimate of drug-likeness (QED) is 0.266. The van der Waals surface area contributed by atoms with Crippen LogP contribution < -0.4 is 0 Å². The van der Waals surface area contributed by atoms with Crippen molar-refractivity contribution < 1.29 is 9.34 Å². The summed E-state index contributed by atoms with van der Waals surface area (Å²) in [5, 5.41) is 28.2. The number of fused-ring (bicyclic) bond motifs is 1. The van der Waals surface area contributed by atoms with E-state index < -0.39 is 4.92 Å². The summed E-state index contributed by atoms with van der Waals surface area (Å²) in [5.74, 6) is 1.00. The van der Waals surface area contributed by atoms with Gasteiger partial charge in [0, 0.05) is 23.9 Å². The molecule has 0 spiro atoms. The van der Waals surface area contributed by atoms with Gasteiger partial charge in [0.25, 0.3) is 5.69 Å². The number of thioether (sulfide) groups is 1. The minimum atomic E-state index is -0.471. The molecule has 0 bridgehead atoms. The molecule has 0 fully saturated rings. The number of nitro benzene ring substituents is 1. The number of aromatic nitrogens is 5. The zero-order valence-corrected chi connectivity index (χ0v) is 15.6. The van der Waals surface area contributed by atoms with E-state index >= 15 is 0 Å². The Morgan fingerprint density at radius 3 is 2.67 bits per heavy atom. The van der Waals surface area contributed by atoms with Crippen LogP contribution in [-0.4, -0.2) is 29.7 Å². The SMILES string of the molecule is O=[N+]([O-])c1ccc(-c2nnc(CSc3nnc4c(Cl)cc(Cl)cn34)o2)cc1. The molecule has 1 aromatic carbocycles. The maximum absolute atomic E-state index is 10.7. The van der Waals surface area contributed by atoms with E-state index in [1.165, 1.54) is 23.9 Å². The number of halogens is 2. The lowest BCUT2D eigenvalue weighted by molar-refractivity contribution is -0.384. The molecule has 0 saturated heterocycles. The molecule has 3 aromatic heterocycles. The Morgan fingerprint density at radius 1 is 1.15 bits per heavy atom. The van der Waals surface area contributed by atoms with Crippen molar-refractivity contribution in [3.8, 4) is 11.5 Å². The van der Waals surface area contributed by atoms with Gasteiger partial charge in [-0.1, -0.05) is 35.0 Å². The summed E-state index contributed by atoms with van der Waals surface area (Å²) >= 11 is 13.4. The molecule has 136 valence electrons. The van der Waals surface area contributed by atoms with E-state index in [4.69, 9.17) is 27.6 Å². The maximum Gasteiger partial charge on any atom is 0.269 e. The van der Waals surface area contributed by atoms with Crippen molar-refractivity contribution in [1.82, 2.24) is 24.8 Å². The Bertz CT molecular complexity index is 1140. The first-order valence-electron chi connectivity index (χ1n) is 7.41. The molecule has 9 nitrogen and oxygen atoms in total. The van der Waals surface area contributed by atoms with Gasteiger partial charge in [-0.3, -0.25) is 14.5 Å². The van der Waals surface area contributed by atoms with Gasteiger partial charge in [0.2, 0.25) is 11.8 Å².